The first-order valence-electron chi connectivity index (χ1n) is 5.66. The van der Waals surface area contributed by atoms with Crippen LogP contribution < -0.4 is 16.0 Å². The van der Waals surface area contributed by atoms with Crippen LogP contribution in [0, 0.1) is 0 Å². The van der Waals surface area contributed by atoms with E-state index in [1.165, 1.54) is 5.56 Å². The van der Waals surface area contributed by atoms with Gasteiger partial charge in [0.25, 0.3) is 0 Å². The Bertz CT molecular complexity index is 424. The van der Waals surface area contributed by atoms with E-state index in [0.29, 0.717) is 0 Å². The highest BCUT2D eigenvalue weighted by atomic mass is 15.3. The van der Waals surface area contributed by atoms with Gasteiger partial charge < -0.3 is 10.6 Å². The summed E-state index contributed by atoms with van der Waals surface area (Å²) >= 11 is 0. The lowest BCUT2D eigenvalue weighted by Gasteiger charge is -2.19. The maximum absolute atomic E-state index is 4.36. The Morgan fingerprint density at radius 2 is 1.88 bits per heavy atom. The van der Waals surface area contributed by atoms with E-state index < -0.39 is 0 Å². The molecule has 5 nitrogen and oxygen atoms in total. The highest BCUT2D eigenvalue weighted by Crippen LogP contribution is 1.99. The minimum atomic E-state index is -0.0584. The smallest absolute Gasteiger partial charge is 0.200 e. The predicted molar refractivity (Wildman–Crippen MR) is 69.8 cm³/mol. The number of nitrogens with zero attached hydrogens (tertiary/aromatic N) is 2. The number of nitrogens with one attached hydrogen (secondary N) is 3. The molecule has 2 rings (SSSR count). The van der Waals surface area contributed by atoms with Crippen molar-refractivity contribution in [3.8, 4) is 0 Å². The van der Waals surface area contributed by atoms with Gasteiger partial charge in [-0.3, -0.25) is 5.32 Å². The van der Waals surface area contributed by atoms with Crippen LogP contribution in [-0.2, 0) is 6.54 Å². The third-order valence-electron chi connectivity index (χ3n) is 2.41. The van der Waals surface area contributed by atoms with Crippen molar-refractivity contribution < 1.29 is 0 Å². The number of aliphatic imine (C=N–C) groups is 2. The number of benzene rings is 1. The van der Waals surface area contributed by atoms with Crippen LogP contribution in [0.3, 0.4) is 0 Å². The highest BCUT2D eigenvalue weighted by molar-refractivity contribution is 5.99. The van der Waals surface area contributed by atoms with Crippen molar-refractivity contribution in [3.05, 3.63) is 35.9 Å². The van der Waals surface area contributed by atoms with Crippen molar-refractivity contribution >= 4 is 11.9 Å². The first-order chi connectivity index (χ1) is 8.28. The SMILES string of the molecule is CNC1=NC(C)N=C(NCc2ccccc2)N1. The molecule has 1 unspecified atom stereocenters. The molecule has 0 saturated heterocycles. The molecule has 0 aliphatic carbocycles. The third kappa shape index (κ3) is 3.21. The van der Waals surface area contributed by atoms with Crippen LogP contribution in [-0.4, -0.2) is 25.1 Å². The van der Waals surface area contributed by atoms with E-state index in [4.69, 9.17) is 0 Å². The average molecular weight is 231 g/mol. The Morgan fingerprint density at radius 1 is 1.18 bits per heavy atom. The van der Waals surface area contributed by atoms with Gasteiger partial charge in [0, 0.05) is 13.6 Å². The molecule has 1 aliphatic rings. The first kappa shape index (κ1) is 11.4. The van der Waals surface area contributed by atoms with Crippen molar-refractivity contribution in [1.29, 1.82) is 0 Å². The molecule has 5 heteroatoms. The van der Waals surface area contributed by atoms with E-state index in [-0.39, 0.29) is 6.17 Å². The second kappa shape index (κ2) is 5.34. The van der Waals surface area contributed by atoms with Crippen LogP contribution in [0.25, 0.3) is 0 Å². The summed E-state index contributed by atoms with van der Waals surface area (Å²) in [5.41, 5.74) is 1.22. The highest BCUT2D eigenvalue weighted by Gasteiger charge is 2.11. The van der Waals surface area contributed by atoms with Gasteiger partial charge in [-0.2, -0.15) is 0 Å². The summed E-state index contributed by atoms with van der Waals surface area (Å²) in [6.45, 7) is 2.69. The summed E-state index contributed by atoms with van der Waals surface area (Å²) in [6.07, 6.45) is -0.0584. The standard InChI is InChI=1S/C12H17N5/c1-9-15-11(13-2)17-12(16-9)14-8-10-6-4-3-5-7-10/h3-7,9H,8H2,1-2H3,(H3,13,14,15,16,17). The molecule has 1 aliphatic heterocycles. The van der Waals surface area contributed by atoms with Crippen LogP contribution in [0.4, 0.5) is 0 Å². The molecular weight excluding hydrogens is 214 g/mol. The fourth-order valence-electron chi connectivity index (χ4n) is 1.58. The lowest BCUT2D eigenvalue weighted by Crippen LogP contribution is -2.48. The quantitative estimate of drug-likeness (QED) is 0.700. The number of rotatable bonds is 2. The molecule has 0 fully saturated rings. The van der Waals surface area contributed by atoms with Crippen LogP contribution in [0.1, 0.15) is 12.5 Å². The zero-order chi connectivity index (χ0) is 12.1. The fourth-order valence-corrected chi connectivity index (χ4v) is 1.58. The topological polar surface area (TPSA) is 60.8 Å². The second-order valence-corrected chi connectivity index (χ2v) is 3.80. The minimum absolute atomic E-state index is 0.0584. The van der Waals surface area contributed by atoms with E-state index in [2.05, 4.69) is 38.1 Å². The monoisotopic (exact) mass is 231 g/mol. The van der Waals surface area contributed by atoms with Gasteiger partial charge in [-0.15, -0.1) is 0 Å². The summed E-state index contributed by atoms with van der Waals surface area (Å²) in [4.78, 5) is 8.64. The molecule has 0 bridgehead atoms. The molecule has 17 heavy (non-hydrogen) atoms. The lowest BCUT2D eigenvalue weighted by molar-refractivity contribution is 0.730. The molecule has 1 heterocycles. The molecule has 0 radical (unpaired) electrons. The first-order valence-corrected chi connectivity index (χ1v) is 5.66. The Balaban J connectivity index is 1.92. The molecule has 90 valence electrons. The summed E-state index contributed by atoms with van der Waals surface area (Å²) in [5.74, 6) is 1.49. The Labute approximate surface area is 101 Å². The van der Waals surface area contributed by atoms with E-state index in [1.54, 1.807) is 0 Å². The van der Waals surface area contributed by atoms with Crippen molar-refractivity contribution in [3.63, 3.8) is 0 Å². The summed E-state index contributed by atoms with van der Waals surface area (Å²) in [6, 6.07) is 10.2. The van der Waals surface area contributed by atoms with Crippen molar-refractivity contribution in [2.24, 2.45) is 9.98 Å². The van der Waals surface area contributed by atoms with Crippen molar-refractivity contribution in [1.82, 2.24) is 16.0 Å². The lowest BCUT2D eigenvalue weighted by atomic mass is 10.2. The molecule has 0 spiro atoms. The number of hydrogen-bond donors (Lipinski definition) is 3. The van der Waals surface area contributed by atoms with Crippen LogP contribution >= 0.6 is 0 Å². The summed E-state index contributed by atoms with van der Waals surface area (Å²) < 4.78 is 0. The van der Waals surface area contributed by atoms with Gasteiger partial charge >= 0.3 is 0 Å². The fraction of sp³-hybridized carbons (Fsp3) is 0.333. The van der Waals surface area contributed by atoms with Gasteiger partial charge in [0.05, 0.1) is 0 Å². The van der Waals surface area contributed by atoms with Gasteiger partial charge in [0.1, 0.15) is 6.17 Å². The maximum atomic E-state index is 4.36. The van der Waals surface area contributed by atoms with Crippen molar-refractivity contribution in [2.75, 3.05) is 7.05 Å². The number of hydrogen-bond acceptors (Lipinski definition) is 5. The van der Waals surface area contributed by atoms with E-state index in [1.807, 2.05) is 32.2 Å². The molecule has 0 saturated carbocycles. The molecular formula is C12H17N5. The van der Waals surface area contributed by atoms with Gasteiger partial charge in [0.15, 0.2) is 5.96 Å². The maximum Gasteiger partial charge on any atom is 0.200 e. The summed E-state index contributed by atoms with van der Waals surface area (Å²) in [7, 11) is 1.83. The molecule has 0 amide bonds. The zero-order valence-corrected chi connectivity index (χ0v) is 10.1. The average Bonchev–Trinajstić information content (AvgIpc) is 2.37. The Morgan fingerprint density at radius 3 is 2.59 bits per heavy atom. The minimum Gasteiger partial charge on any atom is -0.359 e. The van der Waals surface area contributed by atoms with Crippen LogP contribution in [0.5, 0.6) is 0 Å². The van der Waals surface area contributed by atoms with Gasteiger partial charge in [-0.05, 0) is 12.5 Å². The number of guanidine groups is 2. The van der Waals surface area contributed by atoms with E-state index >= 15 is 0 Å². The molecule has 3 N–H and O–H groups in total. The van der Waals surface area contributed by atoms with Gasteiger partial charge in [-0.25, -0.2) is 9.98 Å². The molecule has 1 aromatic rings. The Hall–Kier alpha value is -2.04. The molecule has 0 aromatic heterocycles. The van der Waals surface area contributed by atoms with E-state index in [9.17, 15) is 0 Å². The summed E-state index contributed by atoms with van der Waals surface area (Å²) in [5, 5.41) is 9.31. The normalized spacial score (nSPS) is 18.8. The van der Waals surface area contributed by atoms with Crippen LogP contribution in [0.15, 0.2) is 40.3 Å². The van der Waals surface area contributed by atoms with E-state index in [0.717, 1.165) is 18.5 Å². The van der Waals surface area contributed by atoms with Crippen molar-refractivity contribution in [2.45, 2.75) is 19.6 Å². The largest absolute Gasteiger partial charge is 0.359 e. The molecule has 1 aromatic carbocycles. The Kier molecular flexibility index (Phi) is 3.59. The zero-order valence-electron chi connectivity index (χ0n) is 10.1. The molecule has 1 atom stereocenters. The van der Waals surface area contributed by atoms with Gasteiger partial charge in [0.2, 0.25) is 5.96 Å². The predicted octanol–water partition coefficient (Wildman–Crippen LogP) is 0.657. The van der Waals surface area contributed by atoms with Gasteiger partial charge in [-0.1, -0.05) is 30.3 Å². The second-order valence-electron chi connectivity index (χ2n) is 3.80. The van der Waals surface area contributed by atoms with Crippen LogP contribution in [0.2, 0.25) is 0 Å². The third-order valence-corrected chi connectivity index (χ3v) is 2.41.